The molecule has 5 nitrogen and oxygen atoms in total. The highest BCUT2D eigenvalue weighted by Gasteiger charge is 2.21. The summed E-state index contributed by atoms with van der Waals surface area (Å²) in [6.07, 6.45) is 0.311. The Morgan fingerprint density at radius 1 is 1.39 bits per heavy atom. The summed E-state index contributed by atoms with van der Waals surface area (Å²) in [5.41, 5.74) is 6.43. The molecule has 1 heterocycles. The van der Waals surface area contributed by atoms with Crippen molar-refractivity contribution >= 4 is 29.1 Å². The Morgan fingerprint density at radius 2 is 2.17 bits per heavy atom. The Morgan fingerprint density at radius 3 is 2.94 bits per heavy atom. The van der Waals surface area contributed by atoms with Gasteiger partial charge in [0.25, 0.3) is 5.91 Å². The maximum atomic E-state index is 12.3. The number of nitrogens with two attached hydrogens (primary N) is 1. The van der Waals surface area contributed by atoms with Crippen molar-refractivity contribution in [2.75, 3.05) is 25.4 Å². The first kappa shape index (κ1) is 12.7. The number of benzene rings is 1. The fourth-order valence-corrected chi connectivity index (χ4v) is 2.06. The summed E-state index contributed by atoms with van der Waals surface area (Å²) in [6, 6.07) is 4.98. The third-order valence-corrected chi connectivity index (χ3v) is 3.28. The van der Waals surface area contributed by atoms with E-state index < -0.39 is 0 Å². The fraction of sp³-hybridized carbons (Fsp3) is 0.333. The zero-order chi connectivity index (χ0) is 13.1. The number of hydrogen-bond donors (Lipinski definition) is 2. The zero-order valence-electron chi connectivity index (χ0n) is 9.78. The van der Waals surface area contributed by atoms with Gasteiger partial charge in [0.2, 0.25) is 5.91 Å². The molecule has 1 saturated heterocycles. The van der Waals surface area contributed by atoms with Gasteiger partial charge in [-0.2, -0.15) is 0 Å². The number of nitrogen functional groups attached to an aromatic ring is 1. The molecule has 0 spiro atoms. The molecule has 0 bridgehead atoms. The summed E-state index contributed by atoms with van der Waals surface area (Å²) in [5, 5.41) is 2.99. The maximum Gasteiger partial charge on any atom is 0.255 e. The quantitative estimate of drug-likeness (QED) is 0.742. The number of nitrogens with zero attached hydrogens (tertiary/aromatic N) is 1. The van der Waals surface area contributed by atoms with Crippen molar-refractivity contribution in [2.45, 2.75) is 6.42 Å². The van der Waals surface area contributed by atoms with Crippen LogP contribution in [0, 0.1) is 0 Å². The van der Waals surface area contributed by atoms with Gasteiger partial charge in [-0.1, -0.05) is 17.7 Å². The molecule has 0 aromatic heterocycles. The fourth-order valence-electron chi connectivity index (χ4n) is 1.86. The first-order valence-corrected chi connectivity index (χ1v) is 6.07. The van der Waals surface area contributed by atoms with Crippen molar-refractivity contribution in [3.05, 3.63) is 28.8 Å². The van der Waals surface area contributed by atoms with Crippen molar-refractivity contribution < 1.29 is 9.59 Å². The SMILES string of the molecule is Nc1cccc(C(=O)N2CCNC(=O)CC2)c1Cl. The van der Waals surface area contributed by atoms with Crippen LogP contribution in [0.3, 0.4) is 0 Å². The molecule has 2 rings (SSSR count). The van der Waals surface area contributed by atoms with Crippen LogP contribution in [0.25, 0.3) is 0 Å². The van der Waals surface area contributed by atoms with Crippen LogP contribution in [0.5, 0.6) is 0 Å². The molecular formula is C12H14ClN3O2. The van der Waals surface area contributed by atoms with E-state index in [-0.39, 0.29) is 16.8 Å². The predicted molar refractivity (Wildman–Crippen MR) is 69.4 cm³/mol. The van der Waals surface area contributed by atoms with Gasteiger partial charge in [0, 0.05) is 26.1 Å². The Balaban J connectivity index is 2.20. The molecule has 6 heteroatoms. The summed E-state index contributed by atoms with van der Waals surface area (Å²) in [7, 11) is 0. The largest absolute Gasteiger partial charge is 0.398 e. The Kier molecular flexibility index (Phi) is 3.72. The van der Waals surface area contributed by atoms with Crippen LogP contribution in [0.2, 0.25) is 5.02 Å². The van der Waals surface area contributed by atoms with Gasteiger partial charge < -0.3 is 16.0 Å². The van der Waals surface area contributed by atoms with Gasteiger partial charge in [0.05, 0.1) is 16.3 Å². The highest BCUT2D eigenvalue weighted by atomic mass is 35.5. The lowest BCUT2D eigenvalue weighted by molar-refractivity contribution is -0.120. The van der Waals surface area contributed by atoms with Gasteiger partial charge in [0.1, 0.15) is 0 Å². The summed E-state index contributed by atoms with van der Waals surface area (Å²) in [4.78, 5) is 25.1. The number of nitrogens with one attached hydrogen (secondary N) is 1. The highest BCUT2D eigenvalue weighted by molar-refractivity contribution is 6.36. The van der Waals surface area contributed by atoms with Crippen LogP contribution in [0.4, 0.5) is 5.69 Å². The minimum Gasteiger partial charge on any atom is -0.398 e. The Hall–Kier alpha value is -1.75. The van der Waals surface area contributed by atoms with E-state index in [0.29, 0.717) is 37.3 Å². The minimum absolute atomic E-state index is 0.0380. The summed E-state index contributed by atoms with van der Waals surface area (Å²) in [6.45, 7) is 1.34. The smallest absolute Gasteiger partial charge is 0.255 e. The molecule has 1 fully saturated rings. The number of anilines is 1. The summed E-state index contributed by atoms with van der Waals surface area (Å²) >= 11 is 6.02. The summed E-state index contributed by atoms with van der Waals surface area (Å²) in [5.74, 6) is -0.229. The normalized spacial score (nSPS) is 16.1. The van der Waals surface area contributed by atoms with Crippen molar-refractivity contribution in [1.29, 1.82) is 0 Å². The number of carbonyl (C=O) groups excluding carboxylic acids is 2. The molecule has 2 amide bonds. The molecule has 0 radical (unpaired) electrons. The van der Waals surface area contributed by atoms with E-state index in [9.17, 15) is 9.59 Å². The monoisotopic (exact) mass is 267 g/mol. The Labute approximate surface area is 110 Å². The van der Waals surface area contributed by atoms with E-state index in [0.717, 1.165) is 0 Å². The standard InChI is InChI=1S/C12H14ClN3O2/c13-11-8(2-1-3-9(11)14)12(18)16-6-4-10(17)15-5-7-16/h1-3H,4-7,14H2,(H,15,17). The van der Waals surface area contributed by atoms with E-state index in [1.807, 2.05) is 0 Å². The van der Waals surface area contributed by atoms with Gasteiger partial charge in [-0.05, 0) is 12.1 Å². The minimum atomic E-state index is -0.191. The molecule has 96 valence electrons. The van der Waals surface area contributed by atoms with Crippen LogP contribution in [0.15, 0.2) is 18.2 Å². The lowest BCUT2D eigenvalue weighted by Crippen LogP contribution is -2.34. The molecule has 0 unspecified atom stereocenters. The van der Waals surface area contributed by atoms with Crippen LogP contribution in [-0.4, -0.2) is 36.3 Å². The lowest BCUT2D eigenvalue weighted by Gasteiger charge is -2.20. The van der Waals surface area contributed by atoms with Gasteiger partial charge >= 0.3 is 0 Å². The molecule has 0 saturated carbocycles. The van der Waals surface area contributed by atoms with Crippen molar-refractivity contribution in [3.8, 4) is 0 Å². The average Bonchev–Trinajstić information content (AvgIpc) is 2.57. The molecule has 1 aromatic rings. The second-order valence-corrected chi connectivity index (χ2v) is 4.48. The molecule has 18 heavy (non-hydrogen) atoms. The molecular weight excluding hydrogens is 254 g/mol. The summed E-state index contributed by atoms with van der Waals surface area (Å²) < 4.78 is 0. The number of rotatable bonds is 1. The molecule has 1 aliphatic heterocycles. The van der Waals surface area contributed by atoms with Crippen molar-refractivity contribution in [3.63, 3.8) is 0 Å². The Bertz CT molecular complexity index is 490. The molecule has 0 atom stereocenters. The van der Waals surface area contributed by atoms with Crippen LogP contribution in [-0.2, 0) is 4.79 Å². The third kappa shape index (κ3) is 2.56. The van der Waals surface area contributed by atoms with Crippen LogP contribution < -0.4 is 11.1 Å². The molecule has 3 N–H and O–H groups in total. The van der Waals surface area contributed by atoms with Crippen molar-refractivity contribution in [2.24, 2.45) is 0 Å². The van der Waals surface area contributed by atoms with E-state index in [4.69, 9.17) is 17.3 Å². The first-order chi connectivity index (χ1) is 8.59. The third-order valence-electron chi connectivity index (χ3n) is 2.86. The molecule has 1 aromatic carbocycles. The lowest BCUT2D eigenvalue weighted by atomic mass is 10.1. The second kappa shape index (κ2) is 5.27. The average molecular weight is 268 g/mol. The second-order valence-electron chi connectivity index (χ2n) is 4.10. The number of carbonyl (C=O) groups is 2. The van der Waals surface area contributed by atoms with Gasteiger partial charge in [-0.15, -0.1) is 0 Å². The molecule has 1 aliphatic rings. The van der Waals surface area contributed by atoms with E-state index in [1.165, 1.54) is 0 Å². The number of amides is 2. The predicted octanol–water partition coefficient (Wildman–Crippen LogP) is 0.884. The van der Waals surface area contributed by atoms with Crippen molar-refractivity contribution in [1.82, 2.24) is 10.2 Å². The number of hydrogen-bond acceptors (Lipinski definition) is 3. The maximum absolute atomic E-state index is 12.3. The first-order valence-electron chi connectivity index (χ1n) is 5.69. The van der Waals surface area contributed by atoms with E-state index in [1.54, 1.807) is 23.1 Å². The van der Waals surface area contributed by atoms with Crippen LogP contribution >= 0.6 is 11.6 Å². The van der Waals surface area contributed by atoms with Gasteiger partial charge in [-0.25, -0.2) is 0 Å². The van der Waals surface area contributed by atoms with Gasteiger partial charge in [-0.3, -0.25) is 9.59 Å². The highest BCUT2D eigenvalue weighted by Crippen LogP contribution is 2.24. The number of halogens is 1. The topological polar surface area (TPSA) is 75.4 Å². The van der Waals surface area contributed by atoms with E-state index in [2.05, 4.69) is 5.32 Å². The van der Waals surface area contributed by atoms with E-state index >= 15 is 0 Å². The zero-order valence-corrected chi connectivity index (χ0v) is 10.5. The van der Waals surface area contributed by atoms with Gasteiger partial charge in [0.15, 0.2) is 0 Å². The molecule has 0 aliphatic carbocycles. The van der Waals surface area contributed by atoms with Crippen LogP contribution in [0.1, 0.15) is 16.8 Å².